The predicted molar refractivity (Wildman–Crippen MR) is 99.9 cm³/mol. The molecule has 6 nitrogen and oxygen atoms in total. The number of nitrogens with one attached hydrogen (secondary N) is 2. The van der Waals surface area contributed by atoms with Gasteiger partial charge in [-0.2, -0.15) is 0 Å². The van der Waals surface area contributed by atoms with E-state index in [4.69, 9.17) is 28.2 Å². The molecular formula is C17H19Cl2N5O. The van der Waals surface area contributed by atoms with Crippen LogP contribution in [0, 0.1) is 0 Å². The molecule has 8 heteroatoms. The number of hydrogen-bond acceptors (Lipinski definition) is 5. The van der Waals surface area contributed by atoms with Crippen LogP contribution in [-0.4, -0.2) is 34.1 Å². The summed E-state index contributed by atoms with van der Waals surface area (Å²) in [7, 11) is 0. The number of halogens is 2. The van der Waals surface area contributed by atoms with Gasteiger partial charge in [-0.1, -0.05) is 23.2 Å². The first-order valence-electron chi connectivity index (χ1n) is 8.52. The number of hydrogen-bond donors (Lipinski definition) is 2. The van der Waals surface area contributed by atoms with E-state index in [2.05, 4.69) is 20.2 Å². The Morgan fingerprint density at radius 1 is 1.20 bits per heavy atom. The van der Waals surface area contributed by atoms with Crippen molar-refractivity contribution in [3.63, 3.8) is 0 Å². The van der Waals surface area contributed by atoms with Crippen LogP contribution in [-0.2, 0) is 0 Å². The fraction of sp³-hybridized carbons (Fsp3) is 0.471. The van der Waals surface area contributed by atoms with Gasteiger partial charge >= 0.3 is 0 Å². The highest BCUT2D eigenvalue weighted by molar-refractivity contribution is 6.35. The number of aromatic nitrogens is 3. The molecule has 1 aliphatic heterocycles. The number of H-pyrrole nitrogens is 1. The highest BCUT2D eigenvalue weighted by Gasteiger charge is 2.32. The number of aromatic amines is 1. The zero-order valence-corrected chi connectivity index (χ0v) is 15.1. The number of rotatable bonds is 4. The van der Waals surface area contributed by atoms with Crippen LogP contribution in [0.2, 0.25) is 10.0 Å². The van der Waals surface area contributed by atoms with E-state index in [1.165, 1.54) is 0 Å². The van der Waals surface area contributed by atoms with Gasteiger partial charge < -0.3 is 10.2 Å². The Kier molecular flexibility index (Phi) is 4.56. The molecule has 2 aromatic heterocycles. The highest BCUT2D eigenvalue weighted by atomic mass is 35.5. The minimum atomic E-state index is -0.0780. The third-order valence-corrected chi connectivity index (χ3v) is 5.35. The lowest BCUT2D eigenvalue weighted by Crippen LogP contribution is -2.36. The molecule has 2 aromatic rings. The third-order valence-electron chi connectivity index (χ3n) is 4.86. The second-order valence-corrected chi connectivity index (χ2v) is 7.53. The molecule has 1 aliphatic carbocycles. The molecule has 2 aliphatic rings. The van der Waals surface area contributed by atoms with Crippen LogP contribution < -0.4 is 15.8 Å². The molecule has 0 bridgehead atoms. The van der Waals surface area contributed by atoms with Gasteiger partial charge in [-0.05, 0) is 31.7 Å². The summed E-state index contributed by atoms with van der Waals surface area (Å²) in [6.07, 6.45) is 5.68. The molecule has 25 heavy (non-hydrogen) atoms. The van der Waals surface area contributed by atoms with E-state index in [-0.39, 0.29) is 17.5 Å². The van der Waals surface area contributed by atoms with Crippen molar-refractivity contribution >= 4 is 35.0 Å². The fourth-order valence-corrected chi connectivity index (χ4v) is 3.88. The summed E-state index contributed by atoms with van der Waals surface area (Å²) in [6, 6.07) is 3.57. The molecule has 132 valence electrons. The second-order valence-electron chi connectivity index (χ2n) is 6.68. The van der Waals surface area contributed by atoms with Crippen LogP contribution in [0.15, 0.2) is 23.1 Å². The van der Waals surface area contributed by atoms with Gasteiger partial charge in [0, 0.05) is 37.3 Å². The SMILES string of the molecule is O=c1cc(C2CC(Nc3ncc(Cl)cc3Cl)C2)nc(N2CCCC2)[nH]1. The van der Waals surface area contributed by atoms with Gasteiger partial charge in [-0.15, -0.1) is 0 Å². The van der Waals surface area contributed by atoms with Crippen LogP contribution in [0.5, 0.6) is 0 Å². The van der Waals surface area contributed by atoms with Crippen LogP contribution >= 0.6 is 23.2 Å². The second kappa shape index (κ2) is 6.84. The van der Waals surface area contributed by atoms with E-state index in [0.29, 0.717) is 21.8 Å². The molecule has 1 saturated carbocycles. The summed E-state index contributed by atoms with van der Waals surface area (Å²) >= 11 is 12.0. The van der Waals surface area contributed by atoms with Gasteiger partial charge in [0.2, 0.25) is 5.95 Å². The van der Waals surface area contributed by atoms with E-state index in [0.717, 1.165) is 44.5 Å². The summed E-state index contributed by atoms with van der Waals surface area (Å²) in [5.74, 6) is 1.64. The topological polar surface area (TPSA) is 73.9 Å². The van der Waals surface area contributed by atoms with E-state index >= 15 is 0 Å². The Morgan fingerprint density at radius 3 is 2.68 bits per heavy atom. The Morgan fingerprint density at radius 2 is 1.96 bits per heavy atom. The molecule has 0 spiro atoms. The van der Waals surface area contributed by atoms with Gasteiger partial charge in [0.05, 0.1) is 15.7 Å². The van der Waals surface area contributed by atoms with Crippen LogP contribution in [0.4, 0.5) is 11.8 Å². The lowest BCUT2D eigenvalue weighted by Gasteiger charge is -2.36. The molecule has 0 atom stereocenters. The fourth-order valence-electron chi connectivity index (χ4n) is 3.44. The number of nitrogens with zero attached hydrogens (tertiary/aromatic N) is 3. The van der Waals surface area contributed by atoms with Gasteiger partial charge in [0.1, 0.15) is 5.82 Å². The molecule has 0 aromatic carbocycles. The van der Waals surface area contributed by atoms with Crippen LogP contribution in [0.3, 0.4) is 0 Å². The average Bonchev–Trinajstić information content (AvgIpc) is 3.06. The van der Waals surface area contributed by atoms with E-state index in [9.17, 15) is 4.79 Å². The van der Waals surface area contributed by atoms with E-state index in [1.807, 2.05) is 0 Å². The largest absolute Gasteiger partial charge is 0.366 e. The quantitative estimate of drug-likeness (QED) is 0.850. The summed E-state index contributed by atoms with van der Waals surface area (Å²) in [5.41, 5.74) is 0.796. The summed E-state index contributed by atoms with van der Waals surface area (Å²) in [4.78, 5) is 25.9. The number of anilines is 2. The van der Waals surface area contributed by atoms with Gasteiger partial charge in [0.25, 0.3) is 5.56 Å². The van der Waals surface area contributed by atoms with Gasteiger partial charge in [-0.3, -0.25) is 9.78 Å². The lowest BCUT2D eigenvalue weighted by molar-refractivity contribution is 0.366. The molecule has 0 radical (unpaired) electrons. The molecule has 3 heterocycles. The van der Waals surface area contributed by atoms with Crippen molar-refractivity contribution in [2.24, 2.45) is 0 Å². The van der Waals surface area contributed by atoms with Crippen molar-refractivity contribution in [2.45, 2.75) is 37.6 Å². The minimum Gasteiger partial charge on any atom is -0.366 e. The maximum absolute atomic E-state index is 12.0. The first-order valence-corrected chi connectivity index (χ1v) is 9.28. The highest BCUT2D eigenvalue weighted by Crippen LogP contribution is 2.38. The van der Waals surface area contributed by atoms with Gasteiger partial charge in [-0.25, -0.2) is 9.97 Å². The smallest absolute Gasteiger partial charge is 0.252 e. The summed E-state index contributed by atoms with van der Waals surface area (Å²) in [5, 5.41) is 4.37. The van der Waals surface area contributed by atoms with Gasteiger partial charge in [0.15, 0.2) is 0 Å². The standard InChI is InChI=1S/C17H19Cl2N5O/c18-11-7-13(19)16(20-9-11)21-12-5-10(6-12)14-8-15(25)23-17(22-14)24-3-1-2-4-24/h7-10,12H,1-6H2,(H,20,21)(H,22,23,25). The molecule has 0 amide bonds. The molecule has 2 fully saturated rings. The first-order chi connectivity index (χ1) is 12.1. The van der Waals surface area contributed by atoms with Crippen LogP contribution in [0.25, 0.3) is 0 Å². The van der Waals surface area contributed by atoms with Crippen molar-refractivity contribution < 1.29 is 0 Å². The molecule has 1 saturated heterocycles. The predicted octanol–water partition coefficient (Wildman–Crippen LogP) is 3.43. The van der Waals surface area contributed by atoms with Crippen molar-refractivity contribution in [2.75, 3.05) is 23.3 Å². The first kappa shape index (κ1) is 16.7. The zero-order chi connectivity index (χ0) is 17.4. The summed E-state index contributed by atoms with van der Waals surface area (Å²) < 4.78 is 0. The maximum Gasteiger partial charge on any atom is 0.252 e. The molecule has 4 rings (SSSR count). The maximum atomic E-state index is 12.0. The monoisotopic (exact) mass is 379 g/mol. The number of pyridine rings is 1. The molecule has 2 N–H and O–H groups in total. The van der Waals surface area contributed by atoms with E-state index in [1.54, 1.807) is 18.3 Å². The van der Waals surface area contributed by atoms with Crippen molar-refractivity contribution in [1.82, 2.24) is 15.0 Å². The Bertz CT molecular complexity index is 828. The third kappa shape index (κ3) is 3.60. The Labute approximate surface area is 155 Å². The Hall–Kier alpha value is -1.79. The summed E-state index contributed by atoms with van der Waals surface area (Å²) in [6.45, 7) is 1.92. The normalized spacial score (nSPS) is 22.7. The van der Waals surface area contributed by atoms with Crippen molar-refractivity contribution in [3.8, 4) is 0 Å². The molecular weight excluding hydrogens is 361 g/mol. The van der Waals surface area contributed by atoms with Crippen LogP contribution in [0.1, 0.15) is 37.3 Å². The Balaban J connectivity index is 1.42. The van der Waals surface area contributed by atoms with Crippen molar-refractivity contribution in [3.05, 3.63) is 44.4 Å². The lowest BCUT2D eigenvalue weighted by atomic mass is 9.78. The average molecular weight is 380 g/mol. The zero-order valence-electron chi connectivity index (χ0n) is 13.6. The van der Waals surface area contributed by atoms with E-state index < -0.39 is 0 Å². The van der Waals surface area contributed by atoms with Crippen molar-refractivity contribution in [1.29, 1.82) is 0 Å². The minimum absolute atomic E-state index is 0.0780. The molecule has 0 unspecified atom stereocenters.